The van der Waals surface area contributed by atoms with Crippen molar-refractivity contribution in [2.24, 2.45) is 0 Å². The van der Waals surface area contributed by atoms with Gasteiger partial charge in [-0.2, -0.15) is 4.31 Å². The Kier molecular flexibility index (Phi) is 3.42. The van der Waals surface area contributed by atoms with Gasteiger partial charge in [0.1, 0.15) is 0 Å². The lowest BCUT2D eigenvalue weighted by atomic mass is 10.1. The zero-order chi connectivity index (χ0) is 15.2. The van der Waals surface area contributed by atoms with Gasteiger partial charge in [0, 0.05) is 25.0 Å². The second kappa shape index (κ2) is 5.00. The van der Waals surface area contributed by atoms with Gasteiger partial charge < -0.3 is 4.57 Å². The SMILES string of the molecule is Cc1ccc(S(=O)(=O)N2CCn3cccc3[C@@H]2C)cc1C. The van der Waals surface area contributed by atoms with E-state index in [1.807, 2.05) is 45.2 Å². The molecule has 21 heavy (non-hydrogen) atoms. The van der Waals surface area contributed by atoms with Crippen LogP contribution in [0, 0.1) is 13.8 Å². The molecule has 2 heterocycles. The van der Waals surface area contributed by atoms with E-state index in [-0.39, 0.29) is 6.04 Å². The molecule has 0 spiro atoms. The highest BCUT2D eigenvalue weighted by molar-refractivity contribution is 7.89. The Labute approximate surface area is 126 Å². The van der Waals surface area contributed by atoms with Gasteiger partial charge in [-0.15, -0.1) is 0 Å². The van der Waals surface area contributed by atoms with E-state index in [1.54, 1.807) is 16.4 Å². The van der Waals surface area contributed by atoms with Crippen LogP contribution in [0.3, 0.4) is 0 Å². The Balaban J connectivity index is 2.01. The van der Waals surface area contributed by atoms with Crippen molar-refractivity contribution in [3.63, 3.8) is 0 Å². The first-order valence-corrected chi connectivity index (χ1v) is 8.59. The Morgan fingerprint density at radius 1 is 1.10 bits per heavy atom. The van der Waals surface area contributed by atoms with Crippen LogP contribution in [0.4, 0.5) is 0 Å². The van der Waals surface area contributed by atoms with Gasteiger partial charge in [-0.25, -0.2) is 8.42 Å². The molecule has 1 aliphatic rings. The van der Waals surface area contributed by atoms with Gasteiger partial charge in [0.25, 0.3) is 0 Å². The quantitative estimate of drug-likeness (QED) is 0.856. The first kappa shape index (κ1) is 14.4. The zero-order valence-corrected chi connectivity index (χ0v) is 13.4. The van der Waals surface area contributed by atoms with Crippen molar-refractivity contribution in [3.8, 4) is 0 Å². The van der Waals surface area contributed by atoms with Crippen molar-refractivity contribution in [1.29, 1.82) is 0 Å². The van der Waals surface area contributed by atoms with Gasteiger partial charge in [-0.1, -0.05) is 6.07 Å². The maximum Gasteiger partial charge on any atom is 0.243 e. The normalized spacial score (nSPS) is 19.5. The molecule has 1 aromatic heterocycles. The summed E-state index contributed by atoms with van der Waals surface area (Å²) in [6.45, 7) is 7.10. The van der Waals surface area contributed by atoms with Crippen molar-refractivity contribution in [2.75, 3.05) is 6.54 Å². The number of rotatable bonds is 2. The molecule has 0 saturated heterocycles. The summed E-state index contributed by atoms with van der Waals surface area (Å²) in [4.78, 5) is 0.387. The minimum atomic E-state index is -3.45. The lowest BCUT2D eigenvalue weighted by Crippen LogP contribution is -2.40. The number of aryl methyl sites for hydroxylation is 2. The van der Waals surface area contributed by atoms with Gasteiger partial charge in [0.15, 0.2) is 0 Å². The van der Waals surface area contributed by atoms with Crippen molar-refractivity contribution in [1.82, 2.24) is 8.87 Å². The lowest BCUT2D eigenvalue weighted by molar-refractivity contribution is 0.282. The Morgan fingerprint density at radius 2 is 1.86 bits per heavy atom. The molecular formula is C16H20N2O2S. The Hall–Kier alpha value is -1.59. The number of nitrogens with zero attached hydrogens (tertiary/aromatic N) is 2. The third kappa shape index (κ3) is 2.30. The fourth-order valence-electron chi connectivity index (χ4n) is 2.90. The molecule has 0 N–H and O–H groups in total. The summed E-state index contributed by atoms with van der Waals surface area (Å²) >= 11 is 0. The van der Waals surface area contributed by atoms with Crippen LogP contribution in [0.15, 0.2) is 41.4 Å². The average Bonchev–Trinajstić information content (AvgIpc) is 2.91. The van der Waals surface area contributed by atoms with Gasteiger partial charge in [0.05, 0.1) is 10.9 Å². The van der Waals surface area contributed by atoms with E-state index in [4.69, 9.17) is 0 Å². The predicted octanol–water partition coefficient (Wildman–Crippen LogP) is 2.87. The largest absolute Gasteiger partial charge is 0.349 e. The van der Waals surface area contributed by atoms with E-state index in [0.717, 1.165) is 16.8 Å². The molecule has 1 aromatic carbocycles. The summed E-state index contributed by atoms with van der Waals surface area (Å²) in [6.07, 6.45) is 2.01. The zero-order valence-electron chi connectivity index (χ0n) is 12.6. The second-order valence-corrected chi connectivity index (χ2v) is 7.55. The smallest absolute Gasteiger partial charge is 0.243 e. The molecule has 4 nitrogen and oxygen atoms in total. The van der Waals surface area contributed by atoms with Crippen molar-refractivity contribution in [2.45, 2.75) is 38.3 Å². The first-order valence-electron chi connectivity index (χ1n) is 7.15. The first-order chi connectivity index (χ1) is 9.91. The van der Waals surface area contributed by atoms with Crippen LogP contribution in [0.1, 0.15) is 29.8 Å². The maximum atomic E-state index is 12.9. The number of benzene rings is 1. The number of hydrogen-bond donors (Lipinski definition) is 0. The summed E-state index contributed by atoms with van der Waals surface area (Å²) in [5, 5.41) is 0. The molecule has 0 unspecified atom stereocenters. The maximum absolute atomic E-state index is 12.9. The molecule has 1 aliphatic heterocycles. The number of fused-ring (bicyclic) bond motifs is 1. The minimum Gasteiger partial charge on any atom is -0.349 e. The van der Waals surface area contributed by atoms with E-state index < -0.39 is 10.0 Å². The van der Waals surface area contributed by atoms with E-state index in [1.165, 1.54) is 0 Å². The topological polar surface area (TPSA) is 42.3 Å². The molecule has 112 valence electrons. The van der Waals surface area contributed by atoms with Crippen molar-refractivity contribution in [3.05, 3.63) is 53.3 Å². The molecule has 1 atom stereocenters. The monoisotopic (exact) mass is 304 g/mol. The van der Waals surface area contributed by atoms with Crippen molar-refractivity contribution < 1.29 is 8.42 Å². The molecule has 0 fully saturated rings. The third-order valence-electron chi connectivity index (χ3n) is 4.37. The van der Waals surface area contributed by atoms with Crippen LogP contribution in [-0.2, 0) is 16.6 Å². The highest BCUT2D eigenvalue weighted by Gasteiger charge is 2.33. The Bertz CT molecular complexity index is 777. The van der Waals surface area contributed by atoms with Gasteiger partial charge in [0.2, 0.25) is 10.0 Å². The third-order valence-corrected chi connectivity index (χ3v) is 6.34. The molecule has 0 aliphatic carbocycles. The van der Waals surface area contributed by atoms with E-state index in [0.29, 0.717) is 18.0 Å². The molecule has 0 bridgehead atoms. The lowest BCUT2D eigenvalue weighted by Gasteiger charge is -2.34. The molecule has 2 aromatic rings. The molecule has 0 amide bonds. The van der Waals surface area contributed by atoms with Crippen LogP contribution in [0.5, 0.6) is 0 Å². The number of sulfonamides is 1. The predicted molar refractivity (Wildman–Crippen MR) is 82.7 cm³/mol. The number of aromatic nitrogens is 1. The van der Waals surface area contributed by atoms with E-state index >= 15 is 0 Å². The molecule has 0 saturated carbocycles. The summed E-state index contributed by atoms with van der Waals surface area (Å²) in [7, 11) is -3.45. The van der Waals surface area contributed by atoms with Crippen LogP contribution in [-0.4, -0.2) is 23.8 Å². The molecule has 5 heteroatoms. The number of hydrogen-bond acceptors (Lipinski definition) is 2. The summed E-state index contributed by atoms with van der Waals surface area (Å²) in [5.41, 5.74) is 3.16. The van der Waals surface area contributed by atoms with E-state index in [9.17, 15) is 8.42 Å². The fourth-order valence-corrected chi connectivity index (χ4v) is 4.58. The molecule has 3 rings (SSSR count). The summed E-state index contributed by atoms with van der Waals surface area (Å²) in [6, 6.07) is 9.17. The van der Waals surface area contributed by atoms with Gasteiger partial charge >= 0.3 is 0 Å². The standard InChI is InChI=1S/C16H20N2O2S/c1-12-6-7-15(11-13(12)2)21(19,20)18-10-9-17-8-4-5-16(17)14(18)3/h4-8,11,14H,9-10H2,1-3H3/t14-/m0/s1. The fraction of sp³-hybridized carbons (Fsp3) is 0.375. The molecular weight excluding hydrogens is 284 g/mol. The summed E-state index contributed by atoms with van der Waals surface area (Å²) < 4.78 is 29.5. The van der Waals surface area contributed by atoms with Crippen LogP contribution in [0.25, 0.3) is 0 Å². The van der Waals surface area contributed by atoms with Crippen LogP contribution < -0.4 is 0 Å². The highest BCUT2D eigenvalue weighted by atomic mass is 32.2. The molecule has 0 radical (unpaired) electrons. The average molecular weight is 304 g/mol. The Morgan fingerprint density at radius 3 is 2.57 bits per heavy atom. The van der Waals surface area contributed by atoms with Gasteiger partial charge in [-0.3, -0.25) is 0 Å². The van der Waals surface area contributed by atoms with Crippen LogP contribution in [0.2, 0.25) is 0 Å². The van der Waals surface area contributed by atoms with E-state index in [2.05, 4.69) is 4.57 Å². The second-order valence-electron chi connectivity index (χ2n) is 5.66. The van der Waals surface area contributed by atoms with Crippen LogP contribution >= 0.6 is 0 Å². The van der Waals surface area contributed by atoms with Crippen molar-refractivity contribution >= 4 is 10.0 Å². The minimum absolute atomic E-state index is 0.139. The highest BCUT2D eigenvalue weighted by Crippen LogP contribution is 2.31. The summed E-state index contributed by atoms with van der Waals surface area (Å²) in [5.74, 6) is 0. The van der Waals surface area contributed by atoms with Gasteiger partial charge in [-0.05, 0) is 56.2 Å².